The highest BCUT2D eigenvalue weighted by atomic mass is 32.2. The molecule has 0 aliphatic carbocycles. The van der Waals surface area contributed by atoms with E-state index in [9.17, 15) is 8.42 Å². The van der Waals surface area contributed by atoms with Crippen molar-refractivity contribution in [1.29, 1.82) is 0 Å². The van der Waals surface area contributed by atoms with E-state index in [1.807, 2.05) is 0 Å². The lowest BCUT2D eigenvalue weighted by Crippen LogP contribution is -2.44. The van der Waals surface area contributed by atoms with Crippen molar-refractivity contribution >= 4 is 33.0 Å². The molecule has 1 aromatic rings. The van der Waals surface area contributed by atoms with Gasteiger partial charge in [0.25, 0.3) is 0 Å². The zero-order valence-corrected chi connectivity index (χ0v) is 16.1. The molecule has 0 radical (unpaired) electrons. The summed E-state index contributed by atoms with van der Waals surface area (Å²) in [6.45, 7) is 4.85. The first-order chi connectivity index (χ1) is 12.0. The van der Waals surface area contributed by atoms with Gasteiger partial charge in [-0.3, -0.25) is 0 Å². The van der Waals surface area contributed by atoms with Gasteiger partial charge in [-0.1, -0.05) is 0 Å². The Morgan fingerprint density at radius 3 is 2.48 bits per heavy atom. The molecule has 0 bridgehead atoms. The van der Waals surface area contributed by atoms with Crippen LogP contribution >= 0.6 is 12.2 Å². The summed E-state index contributed by atoms with van der Waals surface area (Å²) < 4.78 is 31.9. The molecule has 1 unspecified atom stereocenters. The Morgan fingerprint density at radius 2 is 1.84 bits per heavy atom. The number of thiocarbonyl (C=S) groups is 1. The van der Waals surface area contributed by atoms with Crippen LogP contribution in [0.1, 0.15) is 26.2 Å². The zero-order valence-electron chi connectivity index (χ0n) is 14.5. The van der Waals surface area contributed by atoms with Crippen LogP contribution in [0.5, 0.6) is 0 Å². The molecule has 0 amide bonds. The van der Waals surface area contributed by atoms with Crippen molar-refractivity contribution < 1.29 is 13.2 Å². The van der Waals surface area contributed by atoms with Crippen LogP contribution in [0.4, 0.5) is 5.69 Å². The molecule has 3 rings (SSSR count). The Bertz CT molecular complexity index is 700. The van der Waals surface area contributed by atoms with Crippen LogP contribution in [0.2, 0.25) is 0 Å². The van der Waals surface area contributed by atoms with Gasteiger partial charge in [0.2, 0.25) is 10.0 Å². The van der Waals surface area contributed by atoms with Gasteiger partial charge in [0.05, 0.1) is 18.1 Å². The topological polar surface area (TPSA) is 61.9 Å². The summed E-state index contributed by atoms with van der Waals surface area (Å²) in [6, 6.07) is 7.25. The molecular formula is C17H25N3O3S2. The third kappa shape index (κ3) is 4.31. The van der Waals surface area contributed by atoms with Crippen molar-refractivity contribution in [1.82, 2.24) is 9.21 Å². The monoisotopic (exact) mass is 383 g/mol. The van der Waals surface area contributed by atoms with E-state index in [-0.39, 0.29) is 0 Å². The maximum atomic E-state index is 12.6. The van der Waals surface area contributed by atoms with Gasteiger partial charge in [-0.05, 0) is 62.7 Å². The smallest absolute Gasteiger partial charge is 0.243 e. The number of hydrogen-bond donors (Lipinski definition) is 1. The molecule has 8 heteroatoms. The van der Waals surface area contributed by atoms with E-state index < -0.39 is 10.0 Å². The van der Waals surface area contributed by atoms with Gasteiger partial charge in [0, 0.05) is 31.4 Å². The number of anilines is 1. The van der Waals surface area contributed by atoms with Crippen molar-refractivity contribution in [3.05, 3.63) is 24.3 Å². The lowest BCUT2D eigenvalue weighted by atomic mass is 10.0. The van der Waals surface area contributed by atoms with Crippen LogP contribution in [-0.4, -0.2) is 61.6 Å². The molecule has 1 aromatic carbocycles. The Labute approximate surface area is 155 Å². The standard InChI is InChI=1S/C17H25N3O3S2/c1-14-4-2-3-9-20(14)17(24)18-15-5-7-16(8-6-15)25(21,22)19-10-12-23-13-11-19/h5-8,14H,2-4,9-13H2,1H3,(H,18,24). The van der Waals surface area contributed by atoms with Crippen molar-refractivity contribution in [2.75, 3.05) is 38.2 Å². The van der Waals surface area contributed by atoms with E-state index in [0.29, 0.717) is 42.4 Å². The van der Waals surface area contributed by atoms with E-state index in [4.69, 9.17) is 17.0 Å². The van der Waals surface area contributed by atoms with Gasteiger partial charge < -0.3 is 15.0 Å². The van der Waals surface area contributed by atoms with E-state index in [1.54, 1.807) is 24.3 Å². The summed E-state index contributed by atoms with van der Waals surface area (Å²) >= 11 is 5.52. The van der Waals surface area contributed by atoms with Crippen LogP contribution in [-0.2, 0) is 14.8 Å². The minimum absolute atomic E-state index is 0.303. The third-order valence-electron chi connectivity index (χ3n) is 4.78. The lowest BCUT2D eigenvalue weighted by Gasteiger charge is -2.35. The van der Waals surface area contributed by atoms with Crippen molar-refractivity contribution in [2.24, 2.45) is 0 Å². The minimum Gasteiger partial charge on any atom is -0.379 e. The fourth-order valence-corrected chi connectivity index (χ4v) is 5.04. The van der Waals surface area contributed by atoms with Gasteiger partial charge in [-0.15, -0.1) is 0 Å². The lowest BCUT2D eigenvalue weighted by molar-refractivity contribution is 0.0730. The number of benzene rings is 1. The van der Waals surface area contributed by atoms with Gasteiger partial charge in [-0.2, -0.15) is 4.31 Å². The molecule has 2 aliphatic rings. The second-order valence-corrected chi connectivity index (χ2v) is 8.83. The minimum atomic E-state index is -3.45. The molecule has 2 saturated heterocycles. The van der Waals surface area contributed by atoms with E-state index >= 15 is 0 Å². The van der Waals surface area contributed by atoms with Gasteiger partial charge in [0.1, 0.15) is 0 Å². The highest BCUT2D eigenvalue weighted by molar-refractivity contribution is 7.89. The average molecular weight is 384 g/mol. The van der Waals surface area contributed by atoms with Crippen LogP contribution in [0.15, 0.2) is 29.2 Å². The predicted molar refractivity (Wildman–Crippen MR) is 102 cm³/mol. The van der Waals surface area contributed by atoms with Crippen LogP contribution in [0.25, 0.3) is 0 Å². The highest BCUT2D eigenvalue weighted by Crippen LogP contribution is 2.21. The number of ether oxygens (including phenoxy) is 1. The maximum absolute atomic E-state index is 12.6. The molecule has 6 nitrogen and oxygen atoms in total. The fraction of sp³-hybridized carbons (Fsp3) is 0.588. The second kappa shape index (κ2) is 7.99. The molecule has 1 N–H and O–H groups in total. The normalized spacial score (nSPS) is 22.6. The van der Waals surface area contributed by atoms with E-state index in [1.165, 1.54) is 10.7 Å². The SMILES string of the molecule is CC1CCCCN1C(=S)Nc1ccc(S(=O)(=O)N2CCOCC2)cc1. The van der Waals surface area contributed by atoms with Crippen molar-refractivity contribution in [3.8, 4) is 0 Å². The fourth-order valence-electron chi connectivity index (χ4n) is 3.24. The number of morpholine rings is 1. The highest BCUT2D eigenvalue weighted by Gasteiger charge is 2.26. The molecule has 2 heterocycles. The molecule has 1 atom stereocenters. The number of piperidine rings is 1. The molecule has 2 fully saturated rings. The molecule has 0 saturated carbocycles. The summed E-state index contributed by atoms with van der Waals surface area (Å²) in [5, 5.41) is 3.93. The molecule has 0 spiro atoms. The summed E-state index contributed by atoms with van der Waals surface area (Å²) in [5.41, 5.74) is 0.809. The molecule has 138 valence electrons. The van der Waals surface area contributed by atoms with E-state index in [2.05, 4.69) is 17.1 Å². The molecule has 0 aromatic heterocycles. The van der Waals surface area contributed by atoms with Gasteiger partial charge >= 0.3 is 0 Å². The quantitative estimate of drug-likeness (QED) is 0.808. The Morgan fingerprint density at radius 1 is 1.16 bits per heavy atom. The van der Waals surface area contributed by atoms with Crippen LogP contribution in [0.3, 0.4) is 0 Å². The van der Waals surface area contributed by atoms with Crippen molar-refractivity contribution in [2.45, 2.75) is 37.1 Å². The Hall–Kier alpha value is -1.22. The zero-order chi connectivity index (χ0) is 17.9. The number of nitrogens with one attached hydrogen (secondary N) is 1. The number of nitrogens with zero attached hydrogens (tertiary/aromatic N) is 2. The molecule has 25 heavy (non-hydrogen) atoms. The van der Waals surface area contributed by atoms with Crippen LogP contribution in [0, 0.1) is 0 Å². The van der Waals surface area contributed by atoms with Gasteiger partial charge in [0.15, 0.2) is 5.11 Å². The predicted octanol–water partition coefficient (Wildman–Crippen LogP) is 2.28. The maximum Gasteiger partial charge on any atom is 0.243 e. The summed E-state index contributed by atoms with van der Waals surface area (Å²) in [6.07, 6.45) is 3.55. The molecule has 2 aliphatic heterocycles. The first-order valence-electron chi connectivity index (χ1n) is 8.74. The summed E-state index contributed by atoms with van der Waals surface area (Å²) in [5.74, 6) is 0. The Balaban J connectivity index is 1.66. The van der Waals surface area contributed by atoms with Gasteiger partial charge in [-0.25, -0.2) is 8.42 Å². The number of likely N-dealkylation sites (tertiary alicyclic amines) is 1. The number of rotatable bonds is 3. The summed E-state index contributed by atoms with van der Waals surface area (Å²) in [4.78, 5) is 2.51. The van der Waals surface area contributed by atoms with Crippen molar-refractivity contribution in [3.63, 3.8) is 0 Å². The second-order valence-electron chi connectivity index (χ2n) is 6.51. The first-order valence-corrected chi connectivity index (χ1v) is 10.6. The Kier molecular flexibility index (Phi) is 5.93. The number of sulfonamides is 1. The van der Waals surface area contributed by atoms with E-state index in [0.717, 1.165) is 25.1 Å². The number of hydrogen-bond acceptors (Lipinski definition) is 4. The van der Waals surface area contributed by atoms with Crippen LogP contribution < -0.4 is 5.32 Å². The molecular weight excluding hydrogens is 358 g/mol. The average Bonchev–Trinajstić information content (AvgIpc) is 2.63. The third-order valence-corrected chi connectivity index (χ3v) is 7.03. The largest absolute Gasteiger partial charge is 0.379 e. The summed E-state index contributed by atoms with van der Waals surface area (Å²) in [7, 11) is -3.45. The first kappa shape index (κ1) is 18.6.